The minimum absolute atomic E-state index is 0.134. The molecule has 0 unspecified atom stereocenters. The van der Waals surface area contributed by atoms with E-state index in [0.29, 0.717) is 23.6 Å². The van der Waals surface area contributed by atoms with Gasteiger partial charge in [-0.05, 0) is 48.5 Å². The lowest BCUT2D eigenvalue weighted by Gasteiger charge is -2.23. The van der Waals surface area contributed by atoms with E-state index in [2.05, 4.69) is 10.3 Å². The Morgan fingerprint density at radius 3 is 2.40 bits per heavy atom. The maximum atomic E-state index is 13.0. The lowest BCUT2D eigenvalue weighted by molar-refractivity contribution is -0.112. The number of amides is 1. The van der Waals surface area contributed by atoms with E-state index < -0.39 is 0 Å². The summed E-state index contributed by atoms with van der Waals surface area (Å²) < 4.78 is 0. The van der Waals surface area contributed by atoms with Crippen LogP contribution in [0.3, 0.4) is 0 Å². The van der Waals surface area contributed by atoms with Crippen LogP contribution in [0.4, 0.5) is 5.69 Å². The first kappa shape index (κ1) is 20.5. The number of aromatic nitrogens is 1. The summed E-state index contributed by atoms with van der Waals surface area (Å²) in [4.78, 5) is 29.8. The largest absolute Gasteiger partial charge is 0.320 e. The zero-order valence-corrected chi connectivity index (χ0v) is 17.5. The quantitative estimate of drug-likeness (QED) is 0.677. The van der Waals surface area contributed by atoms with E-state index in [1.165, 1.54) is 44.1 Å². The van der Waals surface area contributed by atoms with E-state index in [1.807, 2.05) is 42.5 Å². The number of fused-ring (bicyclic) bond motifs is 1. The van der Waals surface area contributed by atoms with Gasteiger partial charge in [0.1, 0.15) is 5.69 Å². The van der Waals surface area contributed by atoms with Gasteiger partial charge < -0.3 is 5.32 Å². The van der Waals surface area contributed by atoms with Crippen LogP contribution >= 0.6 is 0 Å². The van der Waals surface area contributed by atoms with Gasteiger partial charge in [0, 0.05) is 12.0 Å². The number of ketones is 1. The molecule has 1 saturated carbocycles. The molecule has 3 aliphatic rings. The molecule has 1 aromatic rings. The van der Waals surface area contributed by atoms with Crippen LogP contribution in [-0.2, 0) is 11.2 Å². The fraction of sp³-hybridized carbons (Fsp3) is 0.423. The van der Waals surface area contributed by atoms with Crippen molar-refractivity contribution in [2.45, 2.75) is 70.1 Å². The molecule has 0 bridgehead atoms. The Hall–Kier alpha value is -2.75. The van der Waals surface area contributed by atoms with Gasteiger partial charge in [-0.25, -0.2) is 0 Å². The van der Waals surface area contributed by atoms with Crippen LogP contribution < -0.4 is 5.32 Å². The molecule has 0 spiro atoms. The first-order valence-corrected chi connectivity index (χ1v) is 11.3. The highest BCUT2D eigenvalue weighted by Gasteiger charge is 2.30. The van der Waals surface area contributed by atoms with Gasteiger partial charge in [-0.2, -0.15) is 0 Å². The molecule has 0 aliphatic heterocycles. The Morgan fingerprint density at radius 2 is 1.60 bits per heavy atom. The molecule has 0 aromatic carbocycles. The smallest absolute Gasteiger partial charge is 0.255 e. The van der Waals surface area contributed by atoms with E-state index in [-0.39, 0.29) is 11.7 Å². The normalized spacial score (nSPS) is 22.0. The number of nitrogens with one attached hydrogen (secondary N) is 1. The second-order valence-corrected chi connectivity index (χ2v) is 8.44. The Balaban J connectivity index is 1.67. The highest BCUT2D eigenvalue weighted by Crippen LogP contribution is 2.40. The number of nitrogens with zero attached hydrogens (tertiary/aromatic N) is 1. The predicted molar refractivity (Wildman–Crippen MR) is 121 cm³/mol. The first-order valence-electron chi connectivity index (χ1n) is 11.3. The monoisotopic (exact) mass is 402 g/mol. The van der Waals surface area contributed by atoms with Crippen LogP contribution in [0.1, 0.15) is 85.3 Å². The molecule has 3 aliphatic carbocycles. The molecule has 1 aromatic heterocycles. The van der Waals surface area contributed by atoms with Crippen molar-refractivity contribution >= 4 is 17.4 Å². The number of allylic oxidation sites excluding steroid dienone is 6. The van der Waals surface area contributed by atoms with Crippen LogP contribution in [0, 0.1) is 0 Å². The summed E-state index contributed by atoms with van der Waals surface area (Å²) in [6.45, 7) is 0. The van der Waals surface area contributed by atoms with E-state index in [9.17, 15) is 9.59 Å². The molecule has 1 heterocycles. The van der Waals surface area contributed by atoms with Gasteiger partial charge in [-0.1, -0.05) is 68.9 Å². The molecule has 30 heavy (non-hydrogen) atoms. The molecular weight excluding hydrogens is 372 g/mol. The second kappa shape index (κ2) is 9.84. The summed E-state index contributed by atoms with van der Waals surface area (Å²) in [6.07, 6.45) is 25.9. The van der Waals surface area contributed by atoms with Gasteiger partial charge in [0.25, 0.3) is 5.91 Å². The molecule has 0 atom stereocenters. The number of hydrogen-bond acceptors (Lipinski definition) is 3. The van der Waals surface area contributed by atoms with Crippen LogP contribution in [0.25, 0.3) is 0 Å². The van der Waals surface area contributed by atoms with Crippen molar-refractivity contribution in [1.29, 1.82) is 0 Å². The van der Waals surface area contributed by atoms with Crippen molar-refractivity contribution in [2.75, 3.05) is 5.32 Å². The molecule has 4 rings (SSSR count). The summed E-state index contributed by atoms with van der Waals surface area (Å²) in [7, 11) is 0. The average molecular weight is 403 g/mol. The van der Waals surface area contributed by atoms with E-state index in [4.69, 9.17) is 0 Å². The third-order valence-corrected chi connectivity index (χ3v) is 6.36. The fourth-order valence-corrected chi connectivity index (χ4v) is 4.82. The van der Waals surface area contributed by atoms with Crippen molar-refractivity contribution < 1.29 is 9.59 Å². The number of pyridine rings is 1. The van der Waals surface area contributed by atoms with Gasteiger partial charge in [-0.3, -0.25) is 14.6 Å². The Morgan fingerprint density at radius 1 is 0.900 bits per heavy atom. The fourth-order valence-electron chi connectivity index (χ4n) is 4.82. The van der Waals surface area contributed by atoms with Crippen molar-refractivity contribution in [3.8, 4) is 0 Å². The molecule has 0 radical (unpaired) electrons. The minimum Gasteiger partial charge on any atom is -0.320 e. The second-order valence-electron chi connectivity index (χ2n) is 8.44. The van der Waals surface area contributed by atoms with Gasteiger partial charge >= 0.3 is 0 Å². The number of anilines is 1. The number of carbonyl (C=O) groups is 2. The molecule has 156 valence electrons. The lowest BCUT2D eigenvalue weighted by Crippen LogP contribution is -2.18. The maximum absolute atomic E-state index is 13.0. The lowest BCUT2D eigenvalue weighted by atomic mass is 9.85. The summed E-state index contributed by atoms with van der Waals surface area (Å²) in [6, 6.07) is 0. The van der Waals surface area contributed by atoms with Gasteiger partial charge in [-0.15, -0.1) is 0 Å². The van der Waals surface area contributed by atoms with Crippen LogP contribution in [-0.4, -0.2) is 16.7 Å². The highest BCUT2D eigenvalue weighted by atomic mass is 16.1. The highest BCUT2D eigenvalue weighted by molar-refractivity contribution is 6.07. The standard InChI is InChI=1S/C26H30N2O2/c29-23-17-16-21-24(19-12-8-4-1-2-5-9-13-19)22(18-27-25(21)23)28-26(30)20-14-10-6-3-7-11-15-20/h3,6-7,10-11,14-15,18-19H,1-2,4-5,8-9,12-13,16-17H2,(H,28,30)/b6-3-,7-3?,10-6?,11-7-,14-10?,15-11?,20-14?,20-15?. The predicted octanol–water partition coefficient (Wildman–Crippen LogP) is 5.98. The first-order chi connectivity index (χ1) is 14.7. The minimum atomic E-state index is -0.137. The third-order valence-electron chi connectivity index (χ3n) is 6.36. The van der Waals surface area contributed by atoms with Crippen LogP contribution in [0.15, 0.2) is 54.3 Å². The average Bonchev–Trinajstić information content (AvgIpc) is 3.14. The number of rotatable bonds is 3. The Labute approximate surface area is 178 Å². The van der Waals surface area contributed by atoms with Crippen LogP contribution in [0.5, 0.6) is 0 Å². The Kier molecular flexibility index (Phi) is 6.73. The number of carbonyl (C=O) groups excluding carboxylic acids is 2. The van der Waals surface area contributed by atoms with Crippen molar-refractivity contribution in [1.82, 2.24) is 4.98 Å². The zero-order valence-electron chi connectivity index (χ0n) is 17.5. The molecule has 4 heteroatoms. The van der Waals surface area contributed by atoms with E-state index in [0.717, 1.165) is 30.5 Å². The molecule has 1 fully saturated rings. The summed E-state index contributed by atoms with van der Waals surface area (Å²) in [5.74, 6) is 0.377. The van der Waals surface area contributed by atoms with E-state index in [1.54, 1.807) is 6.20 Å². The molecule has 1 amide bonds. The van der Waals surface area contributed by atoms with Gasteiger partial charge in [0.2, 0.25) is 0 Å². The third kappa shape index (κ3) is 4.69. The topological polar surface area (TPSA) is 59.1 Å². The SMILES string of the molecule is O=C(Nc1cnc2c(c1C1CCCCCCCC1)CCC2=O)C1=C/C=C\C=C/C=C1. The molecule has 1 N–H and O–H groups in total. The molecule has 4 nitrogen and oxygen atoms in total. The molecule has 0 saturated heterocycles. The summed E-state index contributed by atoms with van der Waals surface area (Å²) in [5.41, 5.74) is 4.27. The number of hydrogen-bond donors (Lipinski definition) is 1. The molecular formula is C26H30N2O2. The van der Waals surface area contributed by atoms with Crippen LogP contribution in [0.2, 0.25) is 0 Å². The maximum Gasteiger partial charge on any atom is 0.255 e. The van der Waals surface area contributed by atoms with E-state index >= 15 is 0 Å². The van der Waals surface area contributed by atoms with Gasteiger partial charge in [0.05, 0.1) is 11.9 Å². The van der Waals surface area contributed by atoms with Crippen molar-refractivity contribution in [3.05, 3.63) is 71.1 Å². The van der Waals surface area contributed by atoms with Crippen molar-refractivity contribution in [3.63, 3.8) is 0 Å². The van der Waals surface area contributed by atoms with Gasteiger partial charge in [0.15, 0.2) is 5.78 Å². The number of Topliss-reactive ketones (excluding diaryl/α,β-unsaturated/α-hetero) is 1. The zero-order chi connectivity index (χ0) is 20.8. The summed E-state index contributed by atoms with van der Waals surface area (Å²) in [5, 5.41) is 3.13. The summed E-state index contributed by atoms with van der Waals surface area (Å²) >= 11 is 0. The van der Waals surface area contributed by atoms with Crippen molar-refractivity contribution in [2.24, 2.45) is 0 Å². The Bertz CT molecular complexity index is 927.